The fourth-order valence-electron chi connectivity index (χ4n) is 1.89. The van der Waals surface area contributed by atoms with Crippen LogP contribution in [0.2, 0.25) is 10.0 Å². The van der Waals surface area contributed by atoms with Gasteiger partial charge in [-0.1, -0.05) is 36.2 Å². The first-order chi connectivity index (χ1) is 9.01. The summed E-state index contributed by atoms with van der Waals surface area (Å²) in [5, 5.41) is 5.35. The number of hydrogen-bond donors (Lipinski definition) is 0. The molecule has 19 heavy (non-hydrogen) atoms. The molecule has 0 unspecified atom stereocenters. The molecule has 0 aliphatic heterocycles. The smallest absolute Gasteiger partial charge is 0.185 e. The molecule has 0 fully saturated rings. The van der Waals surface area contributed by atoms with Crippen LogP contribution in [-0.4, -0.2) is 15.6 Å². The SMILES string of the molecule is CCc1cc(C(=O)Cc2ccc(Cl)cc2Cl)n(C)n1. The molecule has 1 heterocycles. The second kappa shape index (κ2) is 5.76. The van der Waals surface area contributed by atoms with Gasteiger partial charge in [-0.25, -0.2) is 0 Å². The number of nitrogens with zero attached hydrogens (tertiary/aromatic N) is 2. The summed E-state index contributed by atoms with van der Waals surface area (Å²) in [6, 6.07) is 6.98. The van der Waals surface area contributed by atoms with Crippen molar-refractivity contribution in [3.63, 3.8) is 0 Å². The highest BCUT2D eigenvalue weighted by Gasteiger charge is 2.14. The highest BCUT2D eigenvalue weighted by Crippen LogP contribution is 2.22. The van der Waals surface area contributed by atoms with Crippen molar-refractivity contribution in [2.24, 2.45) is 7.05 Å². The zero-order valence-electron chi connectivity index (χ0n) is 10.8. The van der Waals surface area contributed by atoms with Crippen molar-refractivity contribution in [2.75, 3.05) is 0 Å². The maximum Gasteiger partial charge on any atom is 0.185 e. The van der Waals surface area contributed by atoms with E-state index in [-0.39, 0.29) is 12.2 Å². The zero-order chi connectivity index (χ0) is 14.0. The Morgan fingerprint density at radius 2 is 2.05 bits per heavy atom. The van der Waals surface area contributed by atoms with E-state index in [4.69, 9.17) is 23.2 Å². The number of aromatic nitrogens is 2. The Kier molecular flexibility index (Phi) is 4.27. The number of carbonyl (C=O) groups is 1. The minimum atomic E-state index is -0.000998. The first-order valence-electron chi connectivity index (χ1n) is 6.01. The van der Waals surface area contributed by atoms with Crippen LogP contribution in [0.4, 0.5) is 0 Å². The molecule has 2 aromatic rings. The van der Waals surface area contributed by atoms with Gasteiger partial charge in [-0.15, -0.1) is 0 Å². The molecule has 0 saturated heterocycles. The summed E-state index contributed by atoms with van der Waals surface area (Å²) in [6.45, 7) is 2.01. The van der Waals surface area contributed by atoms with Crippen LogP contribution in [0.15, 0.2) is 24.3 Å². The fourth-order valence-corrected chi connectivity index (χ4v) is 2.36. The van der Waals surface area contributed by atoms with Crippen LogP contribution in [0.3, 0.4) is 0 Å². The molecule has 0 aliphatic carbocycles. The quantitative estimate of drug-likeness (QED) is 0.806. The van der Waals surface area contributed by atoms with E-state index in [0.29, 0.717) is 15.7 Å². The van der Waals surface area contributed by atoms with Gasteiger partial charge >= 0.3 is 0 Å². The van der Waals surface area contributed by atoms with Gasteiger partial charge in [-0.3, -0.25) is 9.48 Å². The molecular formula is C14H14Cl2N2O. The minimum Gasteiger partial charge on any atom is -0.292 e. The lowest BCUT2D eigenvalue weighted by Crippen LogP contribution is -2.09. The predicted molar refractivity (Wildman–Crippen MR) is 77.1 cm³/mol. The Morgan fingerprint density at radius 3 is 2.63 bits per heavy atom. The topological polar surface area (TPSA) is 34.9 Å². The van der Waals surface area contributed by atoms with Crippen LogP contribution in [-0.2, 0) is 19.9 Å². The summed E-state index contributed by atoms with van der Waals surface area (Å²) in [5.74, 6) is -0.000998. The first-order valence-corrected chi connectivity index (χ1v) is 6.77. The fraction of sp³-hybridized carbons (Fsp3) is 0.286. The minimum absolute atomic E-state index is 0.000998. The third-order valence-corrected chi connectivity index (χ3v) is 3.53. The van der Waals surface area contributed by atoms with E-state index >= 15 is 0 Å². The lowest BCUT2D eigenvalue weighted by molar-refractivity contribution is 0.0984. The van der Waals surface area contributed by atoms with E-state index in [2.05, 4.69) is 5.10 Å². The number of rotatable bonds is 4. The third kappa shape index (κ3) is 3.17. The zero-order valence-corrected chi connectivity index (χ0v) is 12.3. The monoisotopic (exact) mass is 296 g/mol. The molecule has 0 saturated carbocycles. The second-order valence-electron chi connectivity index (χ2n) is 4.33. The lowest BCUT2D eigenvalue weighted by atomic mass is 10.1. The Hall–Kier alpha value is -1.32. The molecule has 3 nitrogen and oxygen atoms in total. The van der Waals surface area contributed by atoms with E-state index in [1.165, 1.54) is 0 Å². The van der Waals surface area contributed by atoms with Crippen molar-refractivity contribution in [3.05, 3.63) is 51.3 Å². The molecule has 0 bridgehead atoms. The molecule has 1 aromatic heterocycles. The van der Waals surface area contributed by atoms with Crippen molar-refractivity contribution in [1.82, 2.24) is 9.78 Å². The largest absolute Gasteiger partial charge is 0.292 e. The molecule has 0 spiro atoms. The van der Waals surface area contributed by atoms with Gasteiger partial charge in [-0.05, 0) is 30.2 Å². The molecule has 1 aromatic carbocycles. The third-order valence-electron chi connectivity index (χ3n) is 2.94. The van der Waals surface area contributed by atoms with Gasteiger partial charge in [0.15, 0.2) is 5.78 Å². The van der Waals surface area contributed by atoms with Crippen LogP contribution in [0.5, 0.6) is 0 Å². The number of ketones is 1. The standard InChI is InChI=1S/C14H14Cl2N2O/c1-3-11-8-13(18(2)17-11)14(19)6-9-4-5-10(15)7-12(9)16/h4-5,7-8H,3,6H2,1-2H3. The molecule has 0 amide bonds. The van der Waals surface area contributed by atoms with Gasteiger partial charge in [0, 0.05) is 23.5 Å². The number of aryl methyl sites for hydroxylation is 2. The number of benzene rings is 1. The number of halogens is 2. The molecule has 5 heteroatoms. The lowest BCUT2D eigenvalue weighted by Gasteiger charge is -2.04. The summed E-state index contributed by atoms with van der Waals surface area (Å²) in [6.07, 6.45) is 1.06. The number of hydrogen-bond acceptors (Lipinski definition) is 2. The van der Waals surface area contributed by atoms with Gasteiger partial charge < -0.3 is 0 Å². The van der Waals surface area contributed by atoms with Gasteiger partial charge in [0.05, 0.1) is 5.69 Å². The van der Waals surface area contributed by atoms with Crippen LogP contribution >= 0.6 is 23.2 Å². The van der Waals surface area contributed by atoms with Crippen molar-refractivity contribution >= 4 is 29.0 Å². The Bertz CT molecular complexity index is 620. The molecule has 0 atom stereocenters. The normalized spacial score (nSPS) is 10.7. The maximum atomic E-state index is 12.2. The molecule has 0 aliphatic rings. The average Bonchev–Trinajstić information content (AvgIpc) is 2.74. The van der Waals surface area contributed by atoms with Gasteiger partial charge in [0.25, 0.3) is 0 Å². The van der Waals surface area contributed by atoms with Crippen molar-refractivity contribution in [3.8, 4) is 0 Å². The first kappa shape index (κ1) is 14.1. The highest BCUT2D eigenvalue weighted by molar-refractivity contribution is 6.35. The molecular weight excluding hydrogens is 283 g/mol. The van der Waals surface area contributed by atoms with E-state index in [9.17, 15) is 4.79 Å². The van der Waals surface area contributed by atoms with Crippen molar-refractivity contribution in [1.29, 1.82) is 0 Å². The molecule has 0 radical (unpaired) electrons. The molecule has 2 rings (SSSR count). The van der Waals surface area contributed by atoms with Gasteiger partial charge in [0.2, 0.25) is 0 Å². The second-order valence-corrected chi connectivity index (χ2v) is 5.18. The van der Waals surface area contributed by atoms with E-state index < -0.39 is 0 Å². The summed E-state index contributed by atoms with van der Waals surface area (Å²) >= 11 is 11.9. The number of Topliss-reactive ketones (excluding diaryl/α,β-unsaturated/α-hetero) is 1. The molecule has 100 valence electrons. The Labute approximate surface area is 122 Å². The summed E-state index contributed by atoms with van der Waals surface area (Å²) in [7, 11) is 1.77. The van der Waals surface area contributed by atoms with Crippen molar-refractivity contribution < 1.29 is 4.79 Å². The van der Waals surface area contributed by atoms with Crippen LogP contribution in [0.1, 0.15) is 28.7 Å². The van der Waals surface area contributed by atoms with Crippen LogP contribution in [0, 0.1) is 0 Å². The van der Waals surface area contributed by atoms with Crippen LogP contribution in [0.25, 0.3) is 0 Å². The van der Waals surface area contributed by atoms with E-state index in [1.54, 1.807) is 29.9 Å². The molecule has 0 N–H and O–H groups in total. The van der Waals surface area contributed by atoms with E-state index in [1.807, 2.05) is 13.0 Å². The van der Waals surface area contributed by atoms with Gasteiger partial charge in [-0.2, -0.15) is 5.10 Å². The maximum absolute atomic E-state index is 12.2. The van der Waals surface area contributed by atoms with Crippen molar-refractivity contribution in [2.45, 2.75) is 19.8 Å². The Balaban J connectivity index is 2.23. The summed E-state index contributed by atoms with van der Waals surface area (Å²) < 4.78 is 1.62. The van der Waals surface area contributed by atoms with E-state index in [0.717, 1.165) is 17.7 Å². The predicted octanol–water partition coefficient (Wildman–Crippen LogP) is 3.71. The van der Waals surface area contributed by atoms with Gasteiger partial charge in [0.1, 0.15) is 5.69 Å². The van der Waals surface area contributed by atoms with Crippen LogP contribution < -0.4 is 0 Å². The summed E-state index contributed by atoms with van der Waals surface area (Å²) in [5.41, 5.74) is 2.28. The summed E-state index contributed by atoms with van der Waals surface area (Å²) in [4.78, 5) is 12.2. The average molecular weight is 297 g/mol. The Morgan fingerprint density at radius 1 is 1.32 bits per heavy atom. The number of carbonyl (C=O) groups excluding carboxylic acids is 1. The highest BCUT2D eigenvalue weighted by atomic mass is 35.5.